The molecule has 2 heterocycles. The second-order valence-corrected chi connectivity index (χ2v) is 3.05. The fraction of sp³-hybridized carbons (Fsp3) is 0.100. The number of hydrogen-bond donors (Lipinski definition) is 1. The Labute approximate surface area is 90.1 Å². The van der Waals surface area contributed by atoms with E-state index in [1.54, 1.807) is 24.4 Å². The summed E-state index contributed by atoms with van der Waals surface area (Å²) in [4.78, 5) is 22.4. The lowest BCUT2D eigenvalue weighted by Gasteiger charge is -1.97. The number of carboxylic acid groups (broad SMARTS) is 1. The highest BCUT2D eigenvalue weighted by Crippen LogP contribution is 2.16. The lowest BCUT2D eigenvalue weighted by atomic mass is 10.2. The van der Waals surface area contributed by atoms with Crippen LogP contribution in [-0.2, 0) is 4.74 Å². The number of aromatic carboxylic acids is 1. The van der Waals surface area contributed by atoms with Gasteiger partial charge < -0.3 is 9.84 Å². The molecular weight excluding hydrogens is 212 g/mol. The molecule has 2 rings (SSSR count). The number of nitrogens with zero attached hydrogens (tertiary/aromatic N) is 2. The van der Waals surface area contributed by atoms with Gasteiger partial charge in [0.15, 0.2) is 5.69 Å². The first kappa shape index (κ1) is 10.2. The first-order valence-corrected chi connectivity index (χ1v) is 4.44. The van der Waals surface area contributed by atoms with E-state index in [0.29, 0.717) is 5.52 Å². The molecule has 1 N–H and O–H groups in total. The summed E-state index contributed by atoms with van der Waals surface area (Å²) in [6.07, 6.45) is 1.56. The normalized spacial score (nSPS) is 10.3. The number of methoxy groups -OCH3 is 1. The smallest absolute Gasteiger partial charge is 0.357 e. The molecule has 0 aliphatic carbocycles. The fourth-order valence-corrected chi connectivity index (χ4v) is 1.45. The summed E-state index contributed by atoms with van der Waals surface area (Å²) >= 11 is 0. The highest BCUT2D eigenvalue weighted by molar-refractivity contribution is 6.06. The van der Waals surface area contributed by atoms with Gasteiger partial charge in [-0.3, -0.25) is 0 Å². The topological polar surface area (TPSA) is 80.9 Å². The van der Waals surface area contributed by atoms with Crippen LogP contribution in [0.25, 0.3) is 5.52 Å². The molecule has 2 aromatic rings. The number of rotatable bonds is 2. The molecule has 0 spiro atoms. The average molecular weight is 220 g/mol. The number of esters is 1. The summed E-state index contributed by atoms with van der Waals surface area (Å²) in [5, 5.41) is 12.7. The van der Waals surface area contributed by atoms with E-state index in [4.69, 9.17) is 5.11 Å². The van der Waals surface area contributed by atoms with Gasteiger partial charge in [0, 0.05) is 6.20 Å². The van der Waals surface area contributed by atoms with Crippen molar-refractivity contribution in [2.45, 2.75) is 0 Å². The van der Waals surface area contributed by atoms with Crippen LogP contribution in [-0.4, -0.2) is 33.8 Å². The molecule has 16 heavy (non-hydrogen) atoms. The largest absolute Gasteiger partial charge is 0.476 e. The van der Waals surface area contributed by atoms with Gasteiger partial charge in [-0.2, -0.15) is 5.10 Å². The van der Waals surface area contributed by atoms with Crippen LogP contribution in [0.2, 0.25) is 0 Å². The van der Waals surface area contributed by atoms with Crippen molar-refractivity contribution in [1.82, 2.24) is 9.61 Å². The van der Waals surface area contributed by atoms with Crippen LogP contribution in [0.4, 0.5) is 0 Å². The Morgan fingerprint density at radius 1 is 1.44 bits per heavy atom. The first-order valence-electron chi connectivity index (χ1n) is 4.44. The maximum Gasteiger partial charge on any atom is 0.357 e. The summed E-state index contributed by atoms with van der Waals surface area (Å²) in [6, 6.07) is 4.98. The molecule has 0 radical (unpaired) electrons. The minimum atomic E-state index is -1.26. The van der Waals surface area contributed by atoms with Crippen molar-refractivity contribution < 1.29 is 19.4 Å². The summed E-state index contributed by atoms with van der Waals surface area (Å²) < 4.78 is 5.87. The molecule has 0 unspecified atom stereocenters. The van der Waals surface area contributed by atoms with Gasteiger partial charge in [0.05, 0.1) is 12.6 Å². The molecule has 0 atom stereocenters. The van der Waals surface area contributed by atoms with E-state index in [0.717, 1.165) is 0 Å². The fourth-order valence-electron chi connectivity index (χ4n) is 1.45. The third-order valence-electron chi connectivity index (χ3n) is 2.13. The molecule has 6 heteroatoms. The van der Waals surface area contributed by atoms with Gasteiger partial charge in [-0.05, 0) is 12.1 Å². The Morgan fingerprint density at radius 2 is 2.19 bits per heavy atom. The Bertz CT molecular complexity index is 573. The van der Waals surface area contributed by atoms with Gasteiger partial charge in [-0.25, -0.2) is 14.1 Å². The van der Waals surface area contributed by atoms with E-state index in [1.165, 1.54) is 11.6 Å². The van der Waals surface area contributed by atoms with Gasteiger partial charge in [-0.15, -0.1) is 0 Å². The van der Waals surface area contributed by atoms with Crippen molar-refractivity contribution in [3.63, 3.8) is 0 Å². The molecule has 2 aromatic heterocycles. The zero-order chi connectivity index (χ0) is 11.7. The summed E-state index contributed by atoms with van der Waals surface area (Å²) in [6.45, 7) is 0. The second kappa shape index (κ2) is 3.65. The van der Waals surface area contributed by atoms with Crippen LogP contribution in [0.1, 0.15) is 20.8 Å². The molecular formula is C10H8N2O4. The predicted octanol–water partition coefficient (Wildman–Crippen LogP) is 0.819. The van der Waals surface area contributed by atoms with Gasteiger partial charge in [0.25, 0.3) is 0 Å². The monoisotopic (exact) mass is 220 g/mol. The van der Waals surface area contributed by atoms with Gasteiger partial charge in [0.1, 0.15) is 5.56 Å². The van der Waals surface area contributed by atoms with Gasteiger partial charge in [-0.1, -0.05) is 6.07 Å². The summed E-state index contributed by atoms with van der Waals surface area (Å²) in [5.74, 6) is -1.97. The Kier molecular flexibility index (Phi) is 2.32. The van der Waals surface area contributed by atoms with Crippen molar-refractivity contribution in [1.29, 1.82) is 0 Å². The van der Waals surface area contributed by atoms with Crippen molar-refractivity contribution in [2.75, 3.05) is 7.11 Å². The van der Waals surface area contributed by atoms with Crippen LogP contribution >= 0.6 is 0 Å². The van der Waals surface area contributed by atoms with Crippen LogP contribution in [0, 0.1) is 0 Å². The number of ether oxygens (including phenoxy) is 1. The third-order valence-corrected chi connectivity index (χ3v) is 2.13. The number of carbonyl (C=O) groups excluding carboxylic acids is 1. The number of pyridine rings is 1. The first-order chi connectivity index (χ1) is 7.65. The van der Waals surface area contributed by atoms with E-state index < -0.39 is 11.9 Å². The molecule has 6 nitrogen and oxygen atoms in total. The van der Waals surface area contributed by atoms with E-state index in [2.05, 4.69) is 9.84 Å². The molecule has 82 valence electrons. The Balaban J connectivity index is 2.79. The van der Waals surface area contributed by atoms with Crippen LogP contribution in [0.5, 0.6) is 0 Å². The number of carboxylic acids is 1. The van der Waals surface area contributed by atoms with Crippen LogP contribution in [0.3, 0.4) is 0 Å². The Morgan fingerprint density at radius 3 is 2.81 bits per heavy atom. The number of hydrogen-bond acceptors (Lipinski definition) is 4. The standard InChI is InChI=1S/C10H8N2O4/c1-16-10(15)7-6-4-2-3-5-12(6)11-8(7)9(13)14/h2-5H,1H3,(H,13,14). The molecule has 0 amide bonds. The second-order valence-electron chi connectivity index (χ2n) is 3.05. The quantitative estimate of drug-likeness (QED) is 0.757. The molecule has 0 aliphatic heterocycles. The van der Waals surface area contributed by atoms with Gasteiger partial charge >= 0.3 is 11.9 Å². The van der Waals surface area contributed by atoms with Crippen molar-refractivity contribution in [3.05, 3.63) is 35.7 Å². The van der Waals surface area contributed by atoms with E-state index in [1.807, 2.05) is 0 Å². The number of aromatic nitrogens is 2. The summed E-state index contributed by atoms with van der Waals surface area (Å²) in [7, 11) is 1.19. The average Bonchev–Trinajstić information content (AvgIpc) is 2.67. The lowest BCUT2D eigenvalue weighted by molar-refractivity contribution is 0.0584. The maximum atomic E-state index is 11.5. The molecule has 0 fully saturated rings. The van der Waals surface area contributed by atoms with E-state index >= 15 is 0 Å². The van der Waals surface area contributed by atoms with Crippen molar-refractivity contribution in [3.8, 4) is 0 Å². The molecule has 0 saturated carbocycles. The maximum absolute atomic E-state index is 11.5. The highest BCUT2D eigenvalue weighted by Gasteiger charge is 2.24. The van der Waals surface area contributed by atoms with Crippen molar-refractivity contribution >= 4 is 17.5 Å². The highest BCUT2D eigenvalue weighted by atomic mass is 16.5. The van der Waals surface area contributed by atoms with E-state index in [9.17, 15) is 9.59 Å². The molecule has 0 aliphatic rings. The zero-order valence-electron chi connectivity index (χ0n) is 8.38. The Hall–Kier alpha value is -2.37. The minimum absolute atomic E-state index is 0.0319. The number of fused-ring (bicyclic) bond motifs is 1. The SMILES string of the molecule is COC(=O)c1c(C(=O)O)nn2ccccc12. The van der Waals surface area contributed by atoms with E-state index in [-0.39, 0.29) is 11.3 Å². The predicted molar refractivity (Wildman–Crippen MR) is 53.5 cm³/mol. The minimum Gasteiger partial charge on any atom is -0.476 e. The van der Waals surface area contributed by atoms with Crippen molar-refractivity contribution in [2.24, 2.45) is 0 Å². The third kappa shape index (κ3) is 1.40. The molecule has 0 bridgehead atoms. The molecule has 0 aromatic carbocycles. The zero-order valence-corrected chi connectivity index (χ0v) is 8.38. The molecule has 0 saturated heterocycles. The van der Waals surface area contributed by atoms with Crippen LogP contribution in [0.15, 0.2) is 24.4 Å². The number of carbonyl (C=O) groups is 2. The van der Waals surface area contributed by atoms with Crippen LogP contribution < -0.4 is 0 Å². The summed E-state index contributed by atoms with van der Waals surface area (Å²) in [5.41, 5.74) is 0.0698. The van der Waals surface area contributed by atoms with Gasteiger partial charge in [0.2, 0.25) is 0 Å². The lowest BCUT2D eigenvalue weighted by Crippen LogP contribution is -2.08.